The molecule has 0 atom stereocenters. The summed E-state index contributed by atoms with van der Waals surface area (Å²) in [6.45, 7) is 0. The minimum absolute atomic E-state index is 0.901. The van der Waals surface area contributed by atoms with Crippen molar-refractivity contribution in [2.24, 2.45) is 0 Å². The number of rotatable bonds is 6. The molecule has 0 aliphatic rings. The monoisotopic (exact) mass is 752 g/mol. The largest absolute Gasteiger partial charge is 0.456 e. The van der Waals surface area contributed by atoms with E-state index in [0.29, 0.717) is 0 Å². The van der Waals surface area contributed by atoms with Gasteiger partial charge in [-0.15, -0.1) is 0 Å². The lowest BCUT2D eigenvalue weighted by molar-refractivity contribution is 0.669. The van der Waals surface area contributed by atoms with Gasteiger partial charge >= 0.3 is 0 Å². The highest BCUT2D eigenvalue weighted by atomic mass is 16.3. The second-order valence-electron chi connectivity index (χ2n) is 15.4. The molecule has 10 aromatic carbocycles. The summed E-state index contributed by atoms with van der Waals surface area (Å²) in [5.41, 5.74) is 13.4. The highest BCUT2D eigenvalue weighted by molar-refractivity contribution is 6.12. The Morgan fingerprint density at radius 2 is 0.864 bits per heavy atom. The zero-order chi connectivity index (χ0) is 38.9. The van der Waals surface area contributed by atoms with Gasteiger partial charge in [-0.2, -0.15) is 0 Å². The Morgan fingerprint density at radius 3 is 1.59 bits per heavy atom. The Hall–Kier alpha value is -7.88. The van der Waals surface area contributed by atoms with Crippen LogP contribution in [0, 0.1) is 0 Å². The molecule has 0 aliphatic heterocycles. The molecule has 2 heterocycles. The number of furan rings is 1. The van der Waals surface area contributed by atoms with Crippen LogP contribution in [0.5, 0.6) is 0 Å². The second-order valence-corrected chi connectivity index (χ2v) is 15.4. The molecular weight excluding hydrogens is 717 g/mol. The molecule has 0 saturated carbocycles. The summed E-state index contributed by atoms with van der Waals surface area (Å²) in [5, 5.41) is 9.60. The van der Waals surface area contributed by atoms with Crippen LogP contribution >= 0.6 is 0 Å². The summed E-state index contributed by atoms with van der Waals surface area (Å²) in [7, 11) is 0. The number of aromatic nitrogens is 1. The van der Waals surface area contributed by atoms with E-state index in [9.17, 15) is 0 Å². The van der Waals surface area contributed by atoms with Gasteiger partial charge in [0.15, 0.2) is 0 Å². The van der Waals surface area contributed by atoms with Crippen molar-refractivity contribution in [2.75, 3.05) is 4.90 Å². The van der Waals surface area contributed by atoms with E-state index < -0.39 is 0 Å². The number of fused-ring (bicyclic) bond motifs is 8. The average molecular weight is 753 g/mol. The van der Waals surface area contributed by atoms with Gasteiger partial charge in [0.2, 0.25) is 0 Å². The maximum atomic E-state index is 6.19. The van der Waals surface area contributed by atoms with Gasteiger partial charge in [-0.1, -0.05) is 140 Å². The predicted octanol–water partition coefficient (Wildman–Crippen LogP) is 15.8. The maximum Gasteiger partial charge on any atom is 0.135 e. The molecule has 0 N–H and O–H groups in total. The van der Waals surface area contributed by atoms with Crippen LogP contribution < -0.4 is 4.90 Å². The highest BCUT2D eigenvalue weighted by Crippen LogP contribution is 2.42. The molecule has 59 heavy (non-hydrogen) atoms. The molecule has 12 rings (SSSR count). The minimum Gasteiger partial charge on any atom is -0.456 e. The Bertz CT molecular complexity index is 3490. The molecule has 3 heteroatoms. The predicted molar refractivity (Wildman–Crippen MR) is 249 cm³/mol. The van der Waals surface area contributed by atoms with Gasteiger partial charge in [0.1, 0.15) is 11.2 Å². The fraction of sp³-hybridized carbons (Fsp3) is 0. The topological polar surface area (TPSA) is 21.3 Å². The average Bonchev–Trinajstić information content (AvgIpc) is 3.84. The molecule has 0 amide bonds. The van der Waals surface area contributed by atoms with Crippen LogP contribution in [0.15, 0.2) is 223 Å². The molecule has 276 valence electrons. The zero-order valence-electron chi connectivity index (χ0n) is 32.1. The lowest BCUT2D eigenvalue weighted by atomic mass is 9.93. The van der Waals surface area contributed by atoms with Gasteiger partial charge in [-0.3, -0.25) is 0 Å². The first-order chi connectivity index (χ1) is 29.2. The van der Waals surface area contributed by atoms with E-state index in [2.05, 4.69) is 216 Å². The van der Waals surface area contributed by atoms with Gasteiger partial charge in [0, 0.05) is 44.3 Å². The summed E-state index contributed by atoms with van der Waals surface area (Å²) in [6, 6.07) is 78.9. The Balaban J connectivity index is 0.956. The van der Waals surface area contributed by atoms with Crippen molar-refractivity contribution < 1.29 is 4.42 Å². The van der Waals surface area contributed by atoms with Gasteiger partial charge in [-0.05, 0) is 123 Å². The van der Waals surface area contributed by atoms with Crippen molar-refractivity contribution in [2.45, 2.75) is 0 Å². The lowest BCUT2D eigenvalue weighted by Crippen LogP contribution is -2.09. The molecule has 0 fully saturated rings. The van der Waals surface area contributed by atoms with Crippen LogP contribution in [0.2, 0.25) is 0 Å². The third-order valence-electron chi connectivity index (χ3n) is 11.9. The summed E-state index contributed by atoms with van der Waals surface area (Å²) in [6.07, 6.45) is 0. The second kappa shape index (κ2) is 13.4. The van der Waals surface area contributed by atoms with Gasteiger partial charge in [-0.25, -0.2) is 0 Å². The fourth-order valence-electron chi connectivity index (χ4n) is 9.13. The number of nitrogens with zero attached hydrogens (tertiary/aromatic N) is 2. The van der Waals surface area contributed by atoms with Gasteiger partial charge in [0.05, 0.1) is 11.0 Å². The van der Waals surface area contributed by atoms with Crippen molar-refractivity contribution in [3.63, 3.8) is 0 Å². The van der Waals surface area contributed by atoms with E-state index in [1.165, 1.54) is 65.6 Å². The normalized spacial score (nSPS) is 11.7. The first kappa shape index (κ1) is 33.3. The van der Waals surface area contributed by atoms with E-state index >= 15 is 0 Å². The summed E-state index contributed by atoms with van der Waals surface area (Å²) >= 11 is 0. The fourth-order valence-corrected chi connectivity index (χ4v) is 9.13. The van der Waals surface area contributed by atoms with Crippen molar-refractivity contribution >= 4 is 82.4 Å². The summed E-state index contributed by atoms with van der Waals surface area (Å²) in [5.74, 6) is 0. The minimum atomic E-state index is 0.901. The number of para-hydroxylation sites is 2. The van der Waals surface area contributed by atoms with E-state index in [1.807, 2.05) is 12.1 Å². The molecule has 2 aromatic heterocycles. The Kier molecular flexibility index (Phi) is 7.54. The smallest absolute Gasteiger partial charge is 0.135 e. The molecule has 0 spiro atoms. The standard InChI is InChI=1S/C56H36N2O/c1-3-13-40-33-44(28-21-37(40)11-1)57(45-29-22-38-12-2-4-14-41(38)34-45)43-26-23-39(24-27-43)47-15-5-6-16-48(47)42-25-31-54-51(35-42)49-17-7-9-19-53(49)58(54)46-30-32-56-52(36-46)50-18-8-10-20-55(50)59-56/h1-36H. The van der Waals surface area contributed by atoms with Gasteiger partial charge < -0.3 is 13.9 Å². The summed E-state index contributed by atoms with van der Waals surface area (Å²) in [4.78, 5) is 2.37. The van der Waals surface area contributed by atoms with Crippen molar-refractivity contribution in [3.05, 3.63) is 218 Å². The molecule has 0 radical (unpaired) electrons. The molecule has 0 unspecified atom stereocenters. The number of hydrogen-bond acceptors (Lipinski definition) is 2. The first-order valence-electron chi connectivity index (χ1n) is 20.2. The number of benzene rings is 10. The number of hydrogen-bond donors (Lipinski definition) is 0. The van der Waals surface area contributed by atoms with E-state index in [1.54, 1.807) is 0 Å². The highest BCUT2D eigenvalue weighted by Gasteiger charge is 2.18. The first-order valence-corrected chi connectivity index (χ1v) is 20.2. The zero-order valence-corrected chi connectivity index (χ0v) is 32.1. The molecule has 0 saturated heterocycles. The van der Waals surface area contributed by atoms with Crippen LogP contribution in [-0.2, 0) is 0 Å². The number of anilines is 3. The molecular formula is C56H36N2O. The van der Waals surface area contributed by atoms with Crippen LogP contribution in [-0.4, -0.2) is 4.57 Å². The van der Waals surface area contributed by atoms with Crippen LogP contribution in [0.25, 0.3) is 93.2 Å². The SMILES string of the molecule is c1ccc(-c2ccc3c(c2)c2ccccc2n3-c2ccc3oc4ccccc4c3c2)c(-c2ccc(N(c3ccc4ccccc4c3)c3ccc4ccccc4c3)cc2)c1. The molecule has 0 bridgehead atoms. The van der Waals surface area contributed by atoms with E-state index in [-0.39, 0.29) is 0 Å². The third kappa shape index (κ3) is 5.51. The van der Waals surface area contributed by atoms with E-state index in [0.717, 1.165) is 44.7 Å². The molecule has 0 aliphatic carbocycles. The maximum absolute atomic E-state index is 6.19. The quantitative estimate of drug-likeness (QED) is 0.169. The van der Waals surface area contributed by atoms with Gasteiger partial charge in [0.25, 0.3) is 0 Å². The van der Waals surface area contributed by atoms with E-state index in [4.69, 9.17) is 4.42 Å². The molecule has 12 aromatic rings. The van der Waals surface area contributed by atoms with Crippen LogP contribution in [0.4, 0.5) is 17.1 Å². The van der Waals surface area contributed by atoms with Crippen molar-refractivity contribution in [1.29, 1.82) is 0 Å². The summed E-state index contributed by atoms with van der Waals surface area (Å²) < 4.78 is 8.57. The Labute approximate surface area is 341 Å². The molecule has 3 nitrogen and oxygen atoms in total. The third-order valence-corrected chi connectivity index (χ3v) is 11.9. The van der Waals surface area contributed by atoms with Crippen molar-refractivity contribution in [3.8, 4) is 27.9 Å². The Morgan fingerprint density at radius 1 is 0.322 bits per heavy atom. The van der Waals surface area contributed by atoms with Crippen LogP contribution in [0.3, 0.4) is 0 Å². The lowest BCUT2D eigenvalue weighted by Gasteiger charge is -2.26. The van der Waals surface area contributed by atoms with Crippen LogP contribution in [0.1, 0.15) is 0 Å². The van der Waals surface area contributed by atoms with Crippen molar-refractivity contribution in [1.82, 2.24) is 4.57 Å².